The van der Waals surface area contributed by atoms with Crippen molar-refractivity contribution in [3.8, 4) is 0 Å². The van der Waals surface area contributed by atoms with Gasteiger partial charge in [-0.05, 0) is 17.7 Å². The molecule has 0 bridgehead atoms. The first-order valence-corrected chi connectivity index (χ1v) is 7.52. The molecule has 0 aliphatic carbocycles. The standard InChI is InChI=1S/C18H18N4O/c1-14(12-22-13-19-16-9-5-6-10-17(16)22)18(23)21-20-11-15-7-3-2-4-8-15/h2-11,13-14H,12H2,1H3,(H,21,23)/b20-11+. The zero-order valence-electron chi connectivity index (χ0n) is 12.9. The first kappa shape index (κ1) is 15.0. The molecule has 0 aliphatic rings. The van der Waals surface area contributed by atoms with E-state index in [1.54, 1.807) is 12.5 Å². The minimum Gasteiger partial charge on any atom is -0.330 e. The topological polar surface area (TPSA) is 59.3 Å². The molecular weight excluding hydrogens is 288 g/mol. The molecule has 0 saturated carbocycles. The normalized spacial score (nSPS) is 12.6. The summed E-state index contributed by atoms with van der Waals surface area (Å²) in [6.45, 7) is 2.44. The lowest BCUT2D eigenvalue weighted by Gasteiger charge is -2.11. The first-order valence-electron chi connectivity index (χ1n) is 7.52. The molecule has 23 heavy (non-hydrogen) atoms. The Morgan fingerprint density at radius 3 is 2.78 bits per heavy atom. The third-order valence-corrected chi connectivity index (χ3v) is 3.63. The summed E-state index contributed by atoms with van der Waals surface area (Å²) in [4.78, 5) is 16.5. The lowest BCUT2D eigenvalue weighted by atomic mass is 10.1. The van der Waals surface area contributed by atoms with Crippen LogP contribution in [0.25, 0.3) is 11.0 Å². The second-order valence-electron chi connectivity index (χ2n) is 5.43. The lowest BCUT2D eigenvalue weighted by molar-refractivity contribution is -0.124. The number of hydrazone groups is 1. The predicted octanol–water partition coefficient (Wildman–Crippen LogP) is 2.82. The van der Waals surface area contributed by atoms with Crippen molar-refractivity contribution in [2.24, 2.45) is 11.0 Å². The van der Waals surface area contributed by atoms with E-state index in [1.807, 2.05) is 66.1 Å². The average Bonchev–Trinajstić information content (AvgIpc) is 2.99. The third-order valence-electron chi connectivity index (χ3n) is 3.63. The fourth-order valence-electron chi connectivity index (χ4n) is 2.35. The van der Waals surface area contributed by atoms with Crippen molar-refractivity contribution in [1.29, 1.82) is 0 Å². The van der Waals surface area contributed by atoms with Crippen molar-refractivity contribution >= 4 is 23.2 Å². The number of nitrogens with one attached hydrogen (secondary N) is 1. The summed E-state index contributed by atoms with van der Waals surface area (Å²) in [6.07, 6.45) is 3.40. The molecule has 0 spiro atoms. The number of hydrogen-bond acceptors (Lipinski definition) is 3. The molecule has 0 radical (unpaired) electrons. The number of imidazole rings is 1. The van der Waals surface area contributed by atoms with Gasteiger partial charge in [0.15, 0.2) is 0 Å². The van der Waals surface area contributed by atoms with Gasteiger partial charge in [0.25, 0.3) is 0 Å². The number of rotatable bonds is 5. The van der Waals surface area contributed by atoms with E-state index in [1.165, 1.54) is 0 Å². The van der Waals surface area contributed by atoms with Crippen LogP contribution in [0, 0.1) is 5.92 Å². The summed E-state index contributed by atoms with van der Waals surface area (Å²) in [5, 5.41) is 4.00. The highest BCUT2D eigenvalue weighted by atomic mass is 16.2. The Labute approximate surface area is 134 Å². The summed E-state index contributed by atoms with van der Waals surface area (Å²) < 4.78 is 1.99. The van der Waals surface area contributed by atoms with Crippen LogP contribution in [0.3, 0.4) is 0 Å². The van der Waals surface area contributed by atoms with E-state index in [2.05, 4.69) is 15.5 Å². The quantitative estimate of drug-likeness (QED) is 0.582. The Balaban J connectivity index is 1.60. The van der Waals surface area contributed by atoms with E-state index in [0.29, 0.717) is 6.54 Å². The van der Waals surface area contributed by atoms with Crippen LogP contribution in [0.1, 0.15) is 12.5 Å². The molecule has 116 valence electrons. The van der Waals surface area contributed by atoms with E-state index < -0.39 is 0 Å². The van der Waals surface area contributed by atoms with Gasteiger partial charge in [0, 0.05) is 6.54 Å². The molecule has 0 fully saturated rings. The first-order chi connectivity index (χ1) is 11.2. The van der Waals surface area contributed by atoms with Crippen LogP contribution < -0.4 is 5.43 Å². The Morgan fingerprint density at radius 2 is 1.96 bits per heavy atom. The van der Waals surface area contributed by atoms with Gasteiger partial charge in [-0.25, -0.2) is 10.4 Å². The number of carbonyl (C=O) groups is 1. The fraction of sp³-hybridized carbons (Fsp3) is 0.167. The van der Waals surface area contributed by atoms with Gasteiger partial charge in [0.05, 0.1) is 29.5 Å². The summed E-state index contributed by atoms with van der Waals surface area (Å²) in [6, 6.07) is 17.5. The van der Waals surface area contributed by atoms with E-state index in [9.17, 15) is 4.79 Å². The summed E-state index contributed by atoms with van der Waals surface area (Å²) in [7, 11) is 0. The molecular formula is C18H18N4O. The van der Waals surface area contributed by atoms with E-state index in [4.69, 9.17) is 0 Å². The van der Waals surface area contributed by atoms with E-state index in [-0.39, 0.29) is 11.8 Å². The molecule has 5 nitrogen and oxygen atoms in total. The molecule has 0 saturated heterocycles. The van der Waals surface area contributed by atoms with Gasteiger partial charge in [-0.3, -0.25) is 4.79 Å². The Hall–Kier alpha value is -2.95. The van der Waals surface area contributed by atoms with Crippen molar-refractivity contribution in [3.63, 3.8) is 0 Å². The second kappa shape index (κ2) is 6.87. The maximum Gasteiger partial charge on any atom is 0.244 e. The van der Waals surface area contributed by atoms with Crippen LogP contribution in [0.4, 0.5) is 0 Å². The molecule has 5 heteroatoms. The maximum absolute atomic E-state index is 12.1. The third kappa shape index (κ3) is 3.63. The second-order valence-corrected chi connectivity index (χ2v) is 5.43. The number of hydrogen-bond donors (Lipinski definition) is 1. The zero-order valence-corrected chi connectivity index (χ0v) is 12.9. The van der Waals surface area contributed by atoms with Crippen molar-refractivity contribution in [2.45, 2.75) is 13.5 Å². The Morgan fingerprint density at radius 1 is 1.22 bits per heavy atom. The molecule has 1 aromatic heterocycles. The van der Waals surface area contributed by atoms with Gasteiger partial charge in [-0.15, -0.1) is 0 Å². The number of fused-ring (bicyclic) bond motifs is 1. The molecule has 1 heterocycles. The smallest absolute Gasteiger partial charge is 0.244 e. The van der Waals surface area contributed by atoms with Crippen molar-refractivity contribution in [3.05, 3.63) is 66.5 Å². The van der Waals surface area contributed by atoms with Gasteiger partial charge in [-0.1, -0.05) is 49.4 Å². The summed E-state index contributed by atoms with van der Waals surface area (Å²) >= 11 is 0. The van der Waals surface area contributed by atoms with Crippen LogP contribution in [-0.2, 0) is 11.3 Å². The minimum absolute atomic E-state index is 0.116. The molecule has 1 amide bonds. The largest absolute Gasteiger partial charge is 0.330 e. The van der Waals surface area contributed by atoms with E-state index >= 15 is 0 Å². The molecule has 1 N–H and O–H groups in total. The molecule has 3 aromatic rings. The lowest BCUT2D eigenvalue weighted by Crippen LogP contribution is -2.27. The van der Waals surface area contributed by atoms with Gasteiger partial charge in [0.1, 0.15) is 0 Å². The summed E-state index contributed by atoms with van der Waals surface area (Å²) in [5.41, 5.74) is 5.49. The highest BCUT2D eigenvalue weighted by Gasteiger charge is 2.14. The van der Waals surface area contributed by atoms with Crippen LogP contribution >= 0.6 is 0 Å². The van der Waals surface area contributed by atoms with Gasteiger partial charge in [-0.2, -0.15) is 5.10 Å². The minimum atomic E-state index is -0.208. The van der Waals surface area contributed by atoms with E-state index in [0.717, 1.165) is 16.6 Å². The highest BCUT2D eigenvalue weighted by molar-refractivity contribution is 5.83. The molecule has 1 atom stereocenters. The fourth-order valence-corrected chi connectivity index (χ4v) is 2.35. The van der Waals surface area contributed by atoms with Gasteiger partial charge in [0.2, 0.25) is 5.91 Å². The number of aromatic nitrogens is 2. The Bertz CT molecular complexity index is 823. The van der Waals surface area contributed by atoms with Crippen molar-refractivity contribution < 1.29 is 4.79 Å². The average molecular weight is 306 g/mol. The number of para-hydroxylation sites is 2. The highest BCUT2D eigenvalue weighted by Crippen LogP contribution is 2.13. The van der Waals surface area contributed by atoms with Crippen molar-refractivity contribution in [2.75, 3.05) is 0 Å². The van der Waals surface area contributed by atoms with Crippen LogP contribution in [0.5, 0.6) is 0 Å². The number of amides is 1. The number of benzene rings is 2. The van der Waals surface area contributed by atoms with Crippen molar-refractivity contribution in [1.82, 2.24) is 15.0 Å². The van der Waals surface area contributed by atoms with Crippen LogP contribution in [0.15, 0.2) is 66.0 Å². The molecule has 0 aliphatic heterocycles. The summed E-state index contributed by atoms with van der Waals surface area (Å²) in [5.74, 6) is -0.324. The molecule has 2 aromatic carbocycles. The van der Waals surface area contributed by atoms with Gasteiger partial charge >= 0.3 is 0 Å². The number of nitrogens with zero attached hydrogens (tertiary/aromatic N) is 3. The van der Waals surface area contributed by atoms with Crippen LogP contribution in [-0.4, -0.2) is 21.7 Å². The van der Waals surface area contributed by atoms with Gasteiger partial charge < -0.3 is 4.57 Å². The Kier molecular flexibility index (Phi) is 4.47. The molecule has 1 unspecified atom stereocenters. The monoisotopic (exact) mass is 306 g/mol. The molecule has 3 rings (SSSR count). The number of carbonyl (C=O) groups excluding carboxylic acids is 1. The maximum atomic E-state index is 12.1. The SMILES string of the molecule is CC(Cn1cnc2ccccc21)C(=O)N/N=C/c1ccccc1. The van der Waals surface area contributed by atoms with Crippen LogP contribution in [0.2, 0.25) is 0 Å². The predicted molar refractivity (Wildman–Crippen MR) is 91.1 cm³/mol. The zero-order chi connectivity index (χ0) is 16.1.